The van der Waals surface area contributed by atoms with Gasteiger partial charge in [0.05, 0.1) is 28.2 Å². The average Bonchev–Trinajstić information content (AvgIpc) is 3.99. The first kappa shape index (κ1) is 33.2. The predicted molar refractivity (Wildman–Crippen MR) is 249 cm³/mol. The Morgan fingerprint density at radius 2 is 1.31 bits per heavy atom. The van der Waals surface area contributed by atoms with Crippen LogP contribution in [-0.4, -0.2) is 20.7 Å². The van der Waals surface area contributed by atoms with Gasteiger partial charge in [-0.3, -0.25) is 4.79 Å². The highest BCUT2D eigenvalue weighted by Crippen LogP contribution is 2.60. The summed E-state index contributed by atoms with van der Waals surface area (Å²) >= 11 is 0. The first-order chi connectivity index (χ1) is 30.0. The molecule has 16 rings (SSSR count). The van der Waals surface area contributed by atoms with Gasteiger partial charge in [0.2, 0.25) is 0 Å². The molecule has 2 aromatic heterocycles. The maximum Gasteiger partial charge on any atom is 0.353 e. The molecule has 290 valence electrons. The van der Waals surface area contributed by atoms with Gasteiger partial charge >= 0.3 is 6.85 Å². The first-order valence-corrected chi connectivity index (χ1v) is 22.5. The Morgan fingerprint density at radius 1 is 0.656 bits per heavy atom. The maximum atomic E-state index is 16.2. The Morgan fingerprint density at radius 3 is 2.05 bits per heavy atom. The number of aryl methyl sites for hydroxylation is 3. The number of hydrogen-bond acceptors (Lipinski definition) is 1. The van der Waals surface area contributed by atoms with E-state index in [9.17, 15) is 0 Å². The predicted octanol–water partition coefficient (Wildman–Crippen LogP) is 10.8. The van der Waals surface area contributed by atoms with Crippen LogP contribution < -0.4 is 16.5 Å². The van der Waals surface area contributed by atoms with Crippen LogP contribution in [0.15, 0.2) is 132 Å². The zero-order valence-electron chi connectivity index (χ0n) is 34.6. The van der Waals surface area contributed by atoms with Gasteiger partial charge in [0.25, 0.3) is 5.56 Å². The number of benzene rings is 7. The standard InChI is InChI=1S/C56H42BN3O/c1-30-27-31(2)45(32(3)28-30)39-23-24-42-52-48(39)38-20-10-12-22-43(38)58(52)44-29-40-33-15-9-11-21-41(33)56(25-13-4-14-26-56)50(40)54-51(44)57(42)60-53-47-36-18-7-5-16-34(36)46(49(53)55(61)59(54)60)35-17-6-8-19-37(35)47/h5-12,15-24,27-29,46-47H,4,13-14,25-26H2,1-3H3. The molecule has 7 aromatic carbocycles. The molecule has 2 aliphatic heterocycles. The average molecular weight is 784 g/mol. The van der Waals surface area contributed by atoms with Crippen LogP contribution >= 0.6 is 0 Å². The van der Waals surface area contributed by atoms with Crippen LogP contribution in [0.3, 0.4) is 0 Å². The lowest BCUT2D eigenvalue weighted by Crippen LogP contribution is -2.52. The minimum absolute atomic E-state index is 0.0339. The van der Waals surface area contributed by atoms with Crippen molar-refractivity contribution in [3.8, 4) is 33.6 Å². The molecule has 5 heteroatoms. The third-order valence-electron chi connectivity index (χ3n) is 16.3. The number of para-hydroxylation sites is 1. The molecule has 0 saturated heterocycles. The van der Waals surface area contributed by atoms with Crippen molar-refractivity contribution in [2.75, 3.05) is 0 Å². The molecular formula is C56H42BN3O. The van der Waals surface area contributed by atoms with E-state index < -0.39 is 0 Å². The summed E-state index contributed by atoms with van der Waals surface area (Å²) in [6.07, 6.45) is 5.87. The Hall–Kier alpha value is -6.59. The van der Waals surface area contributed by atoms with E-state index in [0.29, 0.717) is 0 Å². The zero-order valence-corrected chi connectivity index (χ0v) is 34.6. The molecule has 0 radical (unpaired) electrons. The number of fused-ring (bicyclic) bond motifs is 14. The van der Waals surface area contributed by atoms with Gasteiger partial charge < -0.3 is 9.16 Å². The van der Waals surface area contributed by atoms with E-state index in [1.165, 1.54) is 136 Å². The Labute approximate surface area is 354 Å². The molecule has 61 heavy (non-hydrogen) atoms. The lowest BCUT2D eigenvalue weighted by atomic mass is 9.47. The highest BCUT2D eigenvalue weighted by molar-refractivity contribution is 6.89. The largest absolute Gasteiger partial charge is 0.353 e. The SMILES string of the molecule is Cc1cc(C)c(-c2ccc3c4c2c2ccccc2n4-c2cc4c(c5c2B3n2c3c(c(=O)n2-5)C2c5ccccc5C3c3ccccc32)C2(CCCCC2)c2ccccc2-4)c(C)c1. The van der Waals surface area contributed by atoms with E-state index in [4.69, 9.17) is 0 Å². The molecule has 5 aliphatic carbocycles. The van der Waals surface area contributed by atoms with E-state index in [2.05, 4.69) is 162 Å². The first-order valence-electron chi connectivity index (χ1n) is 22.5. The minimum Gasteiger partial charge on any atom is -0.313 e. The van der Waals surface area contributed by atoms with Crippen molar-refractivity contribution in [2.24, 2.45) is 0 Å². The molecular weight excluding hydrogens is 741 g/mol. The second-order valence-corrected chi connectivity index (χ2v) is 19.1. The highest BCUT2D eigenvalue weighted by Gasteiger charge is 2.56. The molecule has 7 aliphatic rings. The fourth-order valence-corrected chi connectivity index (χ4v) is 14.4. The monoisotopic (exact) mass is 783 g/mol. The van der Waals surface area contributed by atoms with E-state index in [-0.39, 0.29) is 29.7 Å². The van der Waals surface area contributed by atoms with Gasteiger partial charge in [0, 0.05) is 38.9 Å². The van der Waals surface area contributed by atoms with Crippen LogP contribution in [0.4, 0.5) is 0 Å². The quantitative estimate of drug-likeness (QED) is 0.153. The lowest BCUT2D eigenvalue weighted by Gasteiger charge is -2.41. The van der Waals surface area contributed by atoms with E-state index in [0.717, 1.165) is 24.1 Å². The normalized spacial score (nSPS) is 18.6. The summed E-state index contributed by atoms with van der Waals surface area (Å²) in [6.45, 7) is 6.59. The van der Waals surface area contributed by atoms with Crippen molar-refractivity contribution >= 4 is 39.6 Å². The third-order valence-corrected chi connectivity index (χ3v) is 16.3. The molecule has 1 saturated carbocycles. The van der Waals surface area contributed by atoms with Crippen molar-refractivity contribution in [2.45, 2.75) is 70.1 Å². The van der Waals surface area contributed by atoms with Crippen LogP contribution in [0.1, 0.15) is 105 Å². The molecule has 0 N–H and O–H groups in total. The van der Waals surface area contributed by atoms with Gasteiger partial charge in [-0.1, -0.05) is 140 Å². The summed E-state index contributed by atoms with van der Waals surface area (Å²) in [6, 6.07) is 48.4. The summed E-state index contributed by atoms with van der Waals surface area (Å²) in [5.74, 6) is -0.135. The third kappa shape index (κ3) is 3.66. The van der Waals surface area contributed by atoms with E-state index in [1.54, 1.807) is 0 Å². The maximum absolute atomic E-state index is 16.2. The van der Waals surface area contributed by atoms with E-state index >= 15 is 4.79 Å². The summed E-state index contributed by atoms with van der Waals surface area (Å²) < 4.78 is 7.40. The molecule has 9 aromatic rings. The number of aromatic nitrogens is 3. The summed E-state index contributed by atoms with van der Waals surface area (Å²) in [5, 5.41) is 2.58. The van der Waals surface area contributed by atoms with Gasteiger partial charge in [0.1, 0.15) is 0 Å². The lowest BCUT2D eigenvalue weighted by molar-refractivity contribution is 0.352. The molecule has 2 bridgehead atoms. The van der Waals surface area contributed by atoms with Crippen molar-refractivity contribution in [3.05, 3.63) is 199 Å². The molecule has 0 amide bonds. The molecule has 1 fully saturated rings. The van der Waals surface area contributed by atoms with Gasteiger partial charge in [-0.25, -0.2) is 4.68 Å². The van der Waals surface area contributed by atoms with Crippen LogP contribution in [0.25, 0.3) is 55.4 Å². The van der Waals surface area contributed by atoms with Crippen LogP contribution in [-0.2, 0) is 5.41 Å². The molecule has 0 unspecified atom stereocenters. The summed E-state index contributed by atoms with van der Waals surface area (Å²) in [5.41, 5.74) is 26.9. The fourth-order valence-electron chi connectivity index (χ4n) is 14.4. The fraction of sp³-hybridized carbons (Fsp3) is 0.196. The summed E-state index contributed by atoms with van der Waals surface area (Å²) in [4.78, 5) is 16.2. The van der Waals surface area contributed by atoms with Crippen LogP contribution in [0.5, 0.6) is 0 Å². The molecule has 0 atom stereocenters. The molecule has 4 heterocycles. The molecule has 4 nitrogen and oxygen atoms in total. The summed E-state index contributed by atoms with van der Waals surface area (Å²) in [7, 11) is 0. The topological polar surface area (TPSA) is 31.9 Å². The Bertz CT molecular complexity index is 3540. The van der Waals surface area contributed by atoms with Gasteiger partial charge in [0.15, 0.2) is 0 Å². The van der Waals surface area contributed by atoms with Crippen LogP contribution in [0.2, 0.25) is 0 Å². The smallest absolute Gasteiger partial charge is 0.313 e. The number of rotatable bonds is 1. The van der Waals surface area contributed by atoms with Crippen molar-refractivity contribution < 1.29 is 0 Å². The number of nitrogens with zero attached hydrogens (tertiary/aromatic N) is 3. The zero-order chi connectivity index (χ0) is 40.2. The van der Waals surface area contributed by atoms with Gasteiger partial charge in [-0.05, 0) is 118 Å². The minimum atomic E-state index is -0.164. The van der Waals surface area contributed by atoms with Crippen LogP contribution in [0, 0.1) is 20.8 Å². The Kier molecular flexibility index (Phi) is 5.99. The van der Waals surface area contributed by atoms with Crippen molar-refractivity contribution in [3.63, 3.8) is 0 Å². The van der Waals surface area contributed by atoms with Gasteiger partial charge in [-0.2, -0.15) is 0 Å². The highest BCUT2D eigenvalue weighted by atomic mass is 16.1. The number of hydrogen-bond donors (Lipinski definition) is 0. The van der Waals surface area contributed by atoms with Crippen molar-refractivity contribution in [1.29, 1.82) is 0 Å². The van der Waals surface area contributed by atoms with E-state index in [1.807, 2.05) is 0 Å². The van der Waals surface area contributed by atoms with Gasteiger partial charge in [-0.15, -0.1) is 0 Å². The van der Waals surface area contributed by atoms with Crippen molar-refractivity contribution in [1.82, 2.24) is 13.8 Å². The second kappa shape index (κ2) is 11.0. The second-order valence-electron chi connectivity index (χ2n) is 19.1. The Balaban J connectivity index is 1.15. The molecule has 1 spiro atoms.